The molecule has 1 aliphatic carbocycles. The van der Waals surface area contributed by atoms with E-state index in [4.69, 9.17) is 0 Å². The number of nitrogens with one attached hydrogen (secondary N) is 2. The van der Waals surface area contributed by atoms with Crippen molar-refractivity contribution in [2.24, 2.45) is 0 Å². The van der Waals surface area contributed by atoms with E-state index in [-0.39, 0.29) is 5.91 Å². The molecule has 0 unspecified atom stereocenters. The molecule has 2 saturated heterocycles. The molecular formula is C15H28N4O. The summed E-state index contributed by atoms with van der Waals surface area (Å²) in [5.74, 6) is 0.232. The molecule has 20 heavy (non-hydrogen) atoms. The molecule has 114 valence electrons. The molecule has 0 radical (unpaired) electrons. The van der Waals surface area contributed by atoms with E-state index in [2.05, 4.69) is 20.4 Å². The van der Waals surface area contributed by atoms with E-state index in [9.17, 15) is 4.79 Å². The molecule has 3 aliphatic rings. The van der Waals surface area contributed by atoms with Gasteiger partial charge in [0.2, 0.25) is 5.91 Å². The van der Waals surface area contributed by atoms with Crippen LogP contribution in [0.25, 0.3) is 0 Å². The highest BCUT2D eigenvalue weighted by molar-refractivity contribution is 5.78. The molecule has 0 aromatic carbocycles. The highest BCUT2D eigenvalue weighted by Gasteiger charge is 2.33. The van der Waals surface area contributed by atoms with Gasteiger partial charge in [-0.3, -0.25) is 14.6 Å². The molecule has 2 heterocycles. The minimum Gasteiger partial charge on any atom is -0.352 e. The second kappa shape index (κ2) is 6.87. The maximum absolute atomic E-state index is 12.0. The topological polar surface area (TPSA) is 47.6 Å². The second-order valence-corrected chi connectivity index (χ2v) is 6.54. The third kappa shape index (κ3) is 3.71. The van der Waals surface area contributed by atoms with Gasteiger partial charge in [-0.25, -0.2) is 0 Å². The maximum Gasteiger partial charge on any atom is 0.234 e. The van der Waals surface area contributed by atoms with Crippen LogP contribution in [-0.4, -0.2) is 73.6 Å². The fourth-order valence-corrected chi connectivity index (χ4v) is 3.67. The number of amides is 1. The van der Waals surface area contributed by atoms with Gasteiger partial charge in [0.15, 0.2) is 0 Å². The second-order valence-electron chi connectivity index (χ2n) is 6.54. The molecule has 0 bridgehead atoms. The first-order chi connectivity index (χ1) is 9.81. The van der Waals surface area contributed by atoms with Crippen molar-refractivity contribution in [1.82, 2.24) is 20.4 Å². The summed E-state index contributed by atoms with van der Waals surface area (Å²) in [5.41, 5.74) is 0. The van der Waals surface area contributed by atoms with Crippen molar-refractivity contribution in [1.29, 1.82) is 0 Å². The van der Waals surface area contributed by atoms with Crippen LogP contribution in [0.1, 0.15) is 32.1 Å². The first-order valence-electron chi connectivity index (χ1n) is 8.28. The molecule has 1 amide bonds. The van der Waals surface area contributed by atoms with E-state index in [1.165, 1.54) is 32.1 Å². The van der Waals surface area contributed by atoms with E-state index < -0.39 is 0 Å². The highest BCUT2D eigenvalue weighted by atomic mass is 16.2. The lowest BCUT2D eigenvalue weighted by Gasteiger charge is -2.46. The van der Waals surface area contributed by atoms with Crippen molar-refractivity contribution in [2.75, 3.05) is 45.8 Å². The van der Waals surface area contributed by atoms with Gasteiger partial charge in [-0.15, -0.1) is 0 Å². The monoisotopic (exact) mass is 280 g/mol. The average Bonchev–Trinajstić information content (AvgIpc) is 2.44. The SMILES string of the molecule is O=C(CN1CC(N2CCNCC2)C1)NC1CCCCC1. The van der Waals surface area contributed by atoms with Gasteiger partial charge in [0.1, 0.15) is 0 Å². The fourth-order valence-electron chi connectivity index (χ4n) is 3.67. The molecule has 0 atom stereocenters. The fraction of sp³-hybridized carbons (Fsp3) is 0.933. The van der Waals surface area contributed by atoms with Crippen molar-refractivity contribution in [3.8, 4) is 0 Å². The number of carbonyl (C=O) groups is 1. The van der Waals surface area contributed by atoms with Gasteiger partial charge in [-0.1, -0.05) is 19.3 Å². The number of hydrogen-bond acceptors (Lipinski definition) is 4. The van der Waals surface area contributed by atoms with Gasteiger partial charge in [-0.05, 0) is 12.8 Å². The van der Waals surface area contributed by atoms with Crippen molar-refractivity contribution in [2.45, 2.75) is 44.2 Å². The molecular weight excluding hydrogens is 252 g/mol. The molecule has 0 aromatic heterocycles. The van der Waals surface area contributed by atoms with Crippen LogP contribution in [0.5, 0.6) is 0 Å². The minimum absolute atomic E-state index is 0.232. The maximum atomic E-state index is 12.0. The number of likely N-dealkylation sites (tertiary alicyclic amines) is 1. The predicted octanol–water partition coefficient (Wildman–Crippen LogP) is 0.0247. The van der Waals surface area contributed by atoms with Gasteiger partial charge in [0, 0.05) is 51.4 Å². The largest absolute Gasteiger partial charge is 0.352 e. The predicted molar refractivity (Wildman–Crippen MR) is 79.7 cm³/mol. The Balaban J connectivity index is 1.32. The molecule has 3 rings (SSSR count). The Morgan fingerprint density at radius 3 is 2.50 bits per heavy atom. The Labute approximate surface area is 122 Å². The summed E-state index contributed by atoms with van der Waals surface area (Å²) in [7, 11) is 0. The van der Waals surface area contributed by atoms with Gasteiger partial charge in [0.05, 0.1) is 6.54 Å². The van der Waals surface area contributed by atoms with Crippen LogP contribution >= 0.6 is 0 Å². The summed E-state index contributed by atoms with van der Waals surface area (Å²) in [6.45, 7) is 7.27. The van der Waals surface area contributed by atoms with E-state index in [0.29, 0.717) is 18.6 Å². The van der Waals surface area contributed by atoms with Crippen LogP contribution in [0.2, 0.25) is 0 Å². The molecule has 2 N–H and O–H groups in total. The van der Waals surface area contributed by atoms with E-state index >= 15 is 0 Å². The number of nitrogens with zero attached hydrogens (tertiary/aromatic N) is 2. The highest BCUT2D eigenvalue weighted by Crippen LogP contribution is 2.18. The van der Waals surface area contributed by atoms with Gasteiger partial charge in [0.25, 0.3) is 0 Å². The molecule has 1 saturated carbocycles. The first-order valence-corrected chi connectivity index (χ1v) is 8.28. The first kappa shape index (κ1) is 14.3. The van der Waals surface area contributed by atoms with Gasteiger partial charge < -0.3 is 10.6 Å². The number of rotatable bonds is 4. The summed E-state index contributed by atoms with van der Waals surface area (Å²) in [4.78, 5) is 16.9. The van der Waals surface area contributed by atoms with Crippen LogP contribution < -0.4 is 10.6 Å². The van der Waals surface area contributed by atoms with Gasteiger partial charge in [-0.2, -0.15) is 0 Å². The molecule has 2 aliphatic heterocycles. The Hall–Kier alpha value is -0.650. The third-order valence-corrected chi connectivity index (χ3v) is 4.94. The lowest BCUT2D eigenvalue weighted by Crippen LogP contribution is -2.64. The third-order valence-electron chi connectivity index (χ3n) is 4.94. The smallest absolute Gasteiger partial charge is 0.234 e. The Morgan fingerprint density at radius 2 is 1.80 bits per heavy atom. The van der Waals surface area contributed by atoms with Crippen LogP contribution in [0.3, 0.4) is 0 Å². The molecule has 5 heteroatoms. The Kier molecular flexibility index (Phi) is 4.91. The van der Waals surface area contributed by atoms with E-state index in [1.807, 2.05) is 0 Å². The zero-order valence-corrected chi connectivity index (χ0v) is 12.4. The number of carbonyl (C=O) groups excluding carboxylic acids is 1. The minimum atomic E-state index is 0.232. The zero-order valence-electron chi connectivity index (χ0n) is 12.4. The lowest BCUT2D eigenvalue weighted by atomic mass is 9.95. The summed E-state index contributed by atoms with van der Waals surface area (Å²) in [6.07, 6.45) is 6.24. The zero-order chi connectivity index (χ0) is 13.8. The van der Waals surface area contributed by atoms with Crippen molar-refractivity contribution in [3.63, 3.8) is 0 Å². The van der Waals surface area contributed by atoms with Crippen molar-refractivity contribution < 1.29 is 4.79 Å². The summed E-state index contributed by atoms with van der Waals surface area (Å²) < 4.78 is 0. The summed E-state index contributed by atoms with van der Waals surface area (Å²) in [6, 6.07) is 1.13. The van der Waals surface area contributed by atoms with Crippen LogP contribution in [0.15, 0.2) is 0 Å². The quantitative estimate of drug-likeness (QED) is 0.762. The van der Waals surface area contributed by atoms with E-state index in [0.717, 1.165) is 39.3 Å². The normalized spacial score (nSPS) is 27.2. The summed E-state index contributed by atoms with van der Waals surface area (Å²) in [5, 5.41) is 6.60. The van der Waals surface area contributed by atoms with Crippen molar-refractivity contribution in [3.05, 3.63) is 0 Å². The number of piperazine rings is 1. The Bertz CT molecular complexity index is 318. The molecule has 0 spiro atoms. The lowest BCUT2D eigenvalue weighted by molar-refractivity contribution is -0.125. The standard InChI is InChI=1S/C15H28N4O/c20-15(17-13-4-2-1-3-5-13)12-18-10-14(11-18)19-8-6-16-7-9-19/h13-14,16H,1-12H2,(H,17,20). The van der Waals surface area contributed by atoms with E-state index in [1.54, 1.807) is 0 Å². The molecule has 5 nitrogen and oxygen atoms in total. The molecule has 3 fully saturated rings. The van der Waals surface area contributed by atoms with Crippen molar-refractivity contribution >= 4 is 5.91 Å². The van der Waals surface area contributed by atoms with Crippen LogP contribution in [0.4, 0.5) is 0 Å². The van der Waals surface area contributed by atoms with Gasteiger partial charge >= 0.3 is 0 Å². The van der Waals surface area contributed by atoms with Crippen LogP contribution in [0, 0.1) is 0 Å². The summed E-state index contributed by atoms with van der Waals surface area (Å²) >= 11 is 0. The number of hydrogen-bond donors (Lipinski definition) is 2. The average molecular weight is 280 g/mol. The Morgan fingerprint density at radius 1 is 1.10 bits per heavy atom. The van der Waals surface area contributed by atoms with Crippen LogP contribution in [-0.2, 0) is 4.79 Å². The molecule has 0 aromatic rings.